The monoisotopic (exact) mass is 348 g/mol. The van der Waals surface area contributed by atoms with E-state index in [0.717, 1.165) is 34.3 Å². The third-order valence-electron chi connectivity index (χ3n) is 5.01. The predicted octanol–water partition coefficient (Wildman–Crippen LogP) is 3.33. The van der Waals surface area contributed by atoms with Gasteiger partial charge in [0.1, 0.15) is 6.54 Å². The summed E-state index contributed by atoms with van der Waals surface area (Å²) in [5, 5.41) is 1.14. The van der Waals surface area contributed by atoms with E-state index < -0.39 is 0 Å². The zero-order valence-electron chi connectivity index (χ0n) is 14.9. The number of hydrogen-bond acceptors (Lipinski definition) is 3. The average molecular weight is 348 g/mol. The standard InChI is InChI=1S/C21H20N2O3/c1-14-11-15-5-3-4-6-18(15)23(14)13-20(24)22-10-9-16-12-17(21(25)26-2)7-8-19(16)22/h3-8,11-12H,9-10,13H2,1-2H3. The number of anilines is 1. The number of benzene rings is 2. The molecule has 0 radical (unpaired) electrons. The van der Waals surface area contributed by atoms with Crippen LogP contribution in [-0.4, -0.2) is 30.1 Å². The van der Waals surface area contributed by atoms with E-state index in [1.165, 1.54) is 7.11 Å². The Kier molecular flexibility index (Phi) is 3.99. The number of rotatable bonds is 3. The lowest BCUT2D eigenvalue weighted by atomic mass is 10.1. The van der Waals surface area contributed by atoms with Gasteiger partial charge in [0.15, 0.2) is 0 Å². The van der Waals surface area contributed by atoms with Crippen molar-refractivity contribution < 1.29 is 14.3 Å². The van der Waals surface area contributed by atoms with Gasteiger partial charge in [-0.15, -0.1) is 0 Å². The Morgan fingerprint density at radius 2 is 1.92 bits per heavy atom. The van der Waals surface area contributed by atoms with Crippen molar-refractivity contribution in [2.24, 2.45) is 0 Å². The van der Waals surface area contributed by atoms with Crippen LogP contribution in [0.5, 0.6) is 0 Å². The molecule has 1 aliphatic rings. The molecule has 1 amide bonds. The fourth-order valence-electron chi connectivity index (χ4n) is 3.68. The minimum absolute atomic E-state index is 0.0546. The Labute approximate surface area is 151 Å². The fourth-order valence-corrected chi connectivity index (χ4v) is 3.68. The first-order valence-electron chi connectivity index (χ1n) is 8.65. The Morgan fingerprint density at radius 3 is 2.73 bits per heavy atom. The van der Waals surface area contributed by atoms with Crippen molar-refractivity contribution in [1.29, 1.82) is 0 Å². The maximum atomic E-state index is 13.0. The lowest BCUT2D eigenvalue weighted by Gasteiger charge is -2.19. The van der Waals surface area contributed by atoms with E-state index in [4.69, 9.17) is 4.74 Å². The highest BCUT2D eigenvalue weighted by Crippen LogP contribution is 2.30. The minimum Gasteiger partial charge on any atom is -0.465 e. The summed E-state index contributed by atoms with van der Waals surface area (Å²) in [4.78, 5) is 26.5. The molecule has 0 unspecified atom stereocenters. The van der Waals surface area contributed by atoms with Crippen molar-refractivity contribution in [3.63, 3.8) is 0 Å². The summed E-state index contributed by atoms with van der Waals surface area (Å²) in [6, 6.07) is 15.6. The number of carbonyl (C=O) groups is 2. The van der Waals surface area contributed by atoms with Crippen LogP contribution >= 0.6 is 0 Å². The molecule has 3 aromatic rings. The number of methoxy groups -OCH3 is 1. The van der Waals surface area contributed by atoms with Gasteiger partial charge in [-0.25, -0.2) is 4.79 Å². The maximum Gasteiger partial charge on any atom is 0.337 e. The van der Waals surface area contributed by atoms with Gasteiger partial charge in [0.05, 0.1) is 12.7 Å². The van der Waals surface area contributed by atoms with Gasteiger partial charge in [0.2, 0.25) is 5.91 Å². The summed E-state index contributed by atoms with van der Waals surface area (Å²) in [5.74, 6) is -0.300. The van der Waals surface area contributed by atoms with Crippen molar-refractivity contribution in [2.45, 2.75) is 19.9 Å². The van der Waals surface area contributed by atoms with E-state index in [-0.39, 0.29) is 11.9 Å². The van der Waals surface area contributed by atoms with Crippen molar-refractivity contribution >= 4 is 28.5 Å². The Bertz CT molecular complexity index is 1020. The average Bonchev–Trinajstić information content (AvgIpc) is 3.21. The molecule has 0 aliphatic carbocycles. The van der Waals surface area contributed by atoms with Gasteiger partial charge >= 0.3 is 5.97 Å². The van der Waals surface area contributed by atoms with E-state index in [2.05, 4.69) is 16.7 Å². The highest BCUT2D eigenvalue weighted by molar-refractivity contribution is 5.98. The SMILES string of the molecule is COC(=O)c1ccc2c(c1)CCN2C(=O)Cn1c(C)cc2ccccc21. The number of fused-ring (bicyclic) bond motifs is 2. The molecule has 26 heavy (non-hydrogen) atoms. The lowest BCUT2D eigenvalue weighted by Crippen LogP contribution is -2.32. The summed E-state index contributed by atoms with van der Waals surface area (Å²) in [7, 11) is 1.37. The predicted molar refractivity (Wildman–Crippen MR) is 101 cm³/mol. The summed E-state index contributed by atoms with van der Waals surface area (Å²) >= 11 is 0. The summed E-state index contributed by atoms with van der Waals surface area (Å²) in [6.07, 6.45) is 0.747. The van der Waals surface area contributed by atoms with Gasteiger partial charge in [-0.3, -0.25) is 4.79 Å². The van der Waals surface area contributed by atoms with E-state index in [1.807, 2.05) is 42.2 Å². The summed E-state index contributed by atoms with van der Waals surface area (Å²) < 4.78 is 6.83. The largest absolute Gasteiger partial charge is 0.465 e. The fraction of sp³-hybridized carbons (Fsp3) is 0.238. The van der Waals surface area contributed by atoms with Gasteiger partial charge < -0.3 is 14.2 Å². The van der Waals surface area contributed by atoms with Crippen LogP contribution in [0.2, 0.25) is 0 Å². The number of amides is 1. The molecule has 0 spiro atoms. The maximum absolute atomic E-state index is 13.0. The van der Waals surface area contributed by atoms with Crippen LogP contribution in [0.3, 0.4) is 0 Å². The molecule has 0 fully saturated rings. The topological polar surface area (TPSA) is 51.5 Å². The number of aromatic nitrogens is 1. The van der Waals surface area contributed by atoms with Crippen LogP contribution < -0.4 is 4.90 Å². The molecular formula is C21H20N2O3. The molecule has 5 nitrogen and oxygen atoms in total. The van der Waals surface area contributed by atoms with Gasteiger partial charge in [-0.2, -0.15) is 0 Å². The van der Waals surface area contributed by atoms with Crippen LogP contribution in [0.25, 0.3) is 10.9 Å². The van der Waals surface area contributed by atoms with Crippen LogP contribution in [0.4, 0.5) is 5.69 Å². The third kappa shape index (κ3) is 2.65. The Balaban J connectivity index is 1.61. The molecule has 4 rings (SSSR count). The number of aryl methyl sites for hydroxylation is 1. The van der Waals surface area contributed by atoms with Crippen molar-refractivity contribution in [2.75, 3.05) is 18.6 Å². The first-order valence-corrected chi connectivity index (χ1v) is 8.65. The van der Waals surface area contributed by atoms with E-state index in [9.17, 15) is 9.59 Å². The van der Waals surface area contributed by atoms with E-state index in [1.54, 1.807) is 6.07 Å². The number of nitrogens with zero attached hydrogens (tertiary/aromatic N) is 2. The Hall–Kier alpha value is -3.08. The van der Waals surface area contributed by atoms with Gasteiger partial charge in [-0.05, 0) is 54.6 Å². The van der Waals surface area contributed by atoms with Crippen LogP contribution in [0, 0.1) is 6.92 Å². The van der Waals surface area contributed by atoms with E-state index >= 15 is 0 Å². The molecule has 5 heteroatoms. The molecule has 0 saturated carbocycles. The second kappa shape index (κ2) is 6.33. The molecule has 0 bridgehead atoms. The molecule has 1 aliphatic heterocycles. The first kappa shape index (κ1) is 16.4. The lowest BCUT2D eigenvalue weighted by molar-refractivity contribution is -0.119. The normalized spacial score (nSPS) is 13.1. The Morgan fingerprint density at radius 1 is 1.12 bits per heavy atom. The number of para-hydroxylation sites is 1. The number of esters is 1. The molecule has 0 saturated heterocycles. The quantitative estimate of drug-likeness (QED) is 0.682. The number of ether oxygens (including phenoxy) is 1. The van der Waals surface area contributed by atoms with Crippen molar-refractivity contribution in [1.82, 2.24) is 4.57 Å². The molecule has 2 heterocycles. The highest BCUT2D eigenvalue weighted by Gasteiger charge is 2.26. The molecule has 2 aromatic carbocycles. The van der Waals surface area contributed by atoms with Crippen LogP contribution in [0.15, 0.2) is 48.5 Å². The first-order chi connectivity index (χ1) is 12.6. The van der Waals surface area contributed by atoms with Gasteiger partial charge in [-0.1, -0.05) is 18.2 Å². The molecule has 1 aromatic heterocycles. The molecular weight excluding hydrogens is 328 g/mol. The molecule has 132 valence electrons. The van der Waals surface area contributed by atoms with E-state index in [0.29, 0.717) is 18.7 Å². The summed E-state index contributed by atoms with van der Waals surface area (Å²) in [5.41, 5.74) is 4.55. The molecule has 0 atom stereocenters. The van der Waals surface area contributed by atoms with Crippen LogP contribution in [0.1, 0.15) is 21.6 Å². The second-order valence-electron chi connectivity index (χ2n) is 6.56. The van der Waals surface area contributed by atoms with Crippen molar-refractivity contribution in [3.8, 4) is 0 Å². The summed E-state index contributed by atoms with van der Waals surface area (Å²) in [6.45, 7) is 2.96. The third-order valence-corrected chi connectivity index (χ3v) is 5.01. The smallest absolute Gasteiger partial charge is 0.337 e. The minimum atomic E-state index is -0.355. The van der Waals surface area contributed by atoms with Crippen molar-refractivity contribution in [3.05, 3.63) is 65.4 Å². The van der Waals surface area contributed by atoms with Gasteiger partial charge in [0, 0.05) is 23.4 Å². The number of carbonyl (C=O) groups excluding carboxylic acids is 2. The number of hydrogen-bond donors (Lipinski definition) is 0. The highest BCUT2D eigenvalue weighted by atomic mass is 16.5. The van der Waals surface area contributed by atoms with Gasteiger partial charge in [0.25, 0.3) is 0 Å². The van der Waals surface area contributed by atoms with Crippen LogP contribution in [-0.2, 0) is 22.5 Å². The molecule has 0 N–H and O–H groups in total. The zero-order chi connectivity index (χ0) is 18.3. The second-order valence-corrected chi connectivity index (χ2v) is 6.56. The zero-order valence-corrected chi connectivity index (χ0v) is 14.9.